The Morgan fingerprint density at radius 1 is 1.27 bits per heavy atom. The second kappa shape index (κ2) is 6.83. The third-order valence-corrected chi connectivity index (χ3v) is 4.38. The number of hydrogen-bond acceptors (Lipinski definition) is 3. The van der Waals surface area contributed by atoms with Gasteiger partial charge in [0.05, 0.1) is 13.9 Å². The molecule has 0 unspecified atom stereocenters. The topological polar surface area (TPSA) is 50.2 Å². The predicted molar refractivity (Wildman–Crippen MR) is 107 cm³/mol. The van der Waals surface area contributed by atoms with Crippen molar-refractivity contribution in [2.45, 2.75) is 27.3 Å². The van der Waals surface area contributed by atoms with Crippen LogP contribution in [0.25, 0.3) is 11.0 Å². The van der Waals surface area contributed by atoms with Gasteiger partial charge in [0, 0.05) is 37.2 Å². The SMILES string of the molecule is [2H]C([2H])(Nc1cc(C(=O)N(C)C)cc2c1nc(C)n2C([2H])([2H])[2H])c1c(C)cccc1C. The highest BCUT2D eigenvalue weighted by Crippen LogP contribution is 2.27. The number of hydrogen-bond donors (Lipinski definition) is 1. The van der Waals surface area contributed by atoms with E-state index in [-0.39, 0.29) is 28.5 Å². The number of amides is 1. The number of nitrogens with zero attached hydrogens (tertiary/aromatic N) is 3. The van der Waals surface area contributed by atoms with E-state index in [1.54, 1.807) is 21.0 Å². The van der Waals surface area contributed by atoms with Crippen molar-refractivity contribution in [3.63, 3.8) is 0 Å². The van der Waals surface area contributed by atoms with E-state index in [9.17, 15) is 4.79 Å². The smallest absolute Gasteiger partial charge is 0.253 e. The fraction of sp³-hybridized carbons (Fsp3) is 0.333. The number of imidazole rings is 1. The van der Waals surface area contributed by atoms with E-state index in [0.29, 0.717) is 11.1 Å². The molecule has 0 radical (unpaired) electrons. The van der Waals surface area contributed by atoms with Gasteiger partial charge in [-0.15, -0.1) is 0 Å². The van der Waals surface area contributed by atoms with Crippen LogP contribution in [0, 0.1) is 20.8 Å². The Morgan fingerprint density at radius 2 is 1.96 bits per heavy atom. The Balaban J connectivity index is 2.27. The van der Waals surface area contributed by atoms with E-state index in [4.69, 9.17) is 6.85 Å². The monoisotopic (exact) mass is 355 g/mol. The van der Waals surface area contributed by atoms with Crippen LogP contribution in [-0.4, -0.2) is 34.5 Å². The van der Waals surface area contributed by atoms with Crippen molar-refractivity contribution in [1.29, 1.82) is 0 Å². The maximum Gasteiger partial charge on any atom is 0.253 e. The number of anilines is 1. The highest BCUT2D eigenvalue weighted by Gasteiger charge is 2.16. The van der Waals surface area contributed by atoms with E-state index in [1.165, 1.54) is 17.0 Å². The molecule has 3 rings (SSSR count). The summed E-state index contributed by atoms with van der Waals surface area (Å²) in [5.41, 5.74) is 3.06. The quantitative estimate of drug-likeness (QED) is 0.774. The molecule has 26 heavy (non-hydrogen) atoms. The molecule has 0 saturated carbocycles. The van der Waals surface area contributed by atoms with E-state index < -0.39 is 13.5 Å². The number of benzene rings is 2. The molecule has 1 heterocycles. The van der Waals surface area contributed by atoms with Gasteiger partial charge < -0.3 is 14.8 Å². The summed E-state index contributed by atoms with van der Waals surface area (Å²) in [4.78, 5) is 18.5. The van der Waals surface area contributed by atoms with Gasteiger partial charge in [0.15, 0.2) is 0 Å². The Kier molecular flexibility index (Phi) is 3.29. The lowest BCUT2D eigenvalue weighted by molar-refractivity contribution is 0.0828. The Bertz CT molecular complexity index is 1140. The summed E-state index contributed by atoms with van der Waals surface area (Å²) in [6, 6.07) is 8.53. The third-order valence-electron chi connectivity index (χ3n) is 4.38. The van der Waals surface area contributed by atoms with Gasteiger partial charge in [-0.2, -0.15) is 0 Å². The fourth-order valence-electron chi connectivity index (χ4n) is 2.91. The normalized spacial score (nSPS) is 14.9. The second-order valence-corrected chi connectivity index (χ2v) is 6.60. The number of rotatable bonds is 4. The summed E-state index contributed by atoms with van der Waals surface area (Å²) in [6.45, 7) is 0.749. The Labute approximate surface area is 161 Å². The zero-order valence-electron chi connectivity index (χ0n) is 20.6. The Morgan fingerprint density at radius 3 is 2.58 bits per heavy atom. The van der Waals surface area contributed by atoms with Crippen LogP contribution in [0.4, 0.5) is 5.69 Å². The lowest BCUT2D eigenvalue weighted by Crippen LogP contribution is -2.21. The van der Waals surface area contributed by atoms with Gasteiger partial charge in [-0.1, -0.05) is 18.2 Å². The van der Waals surface area contributed by atoms with Crippen molar-refractivity contribution in [2.24, 2.45) is 6.98 Å². The van der Waals surface area contributed by atoms with Gasteiger partial charge >= 0.3 is 0 Å². The second-order valence-electron chi connectivity index (χ2n) is 6.60. The standard InChI is InChI=1S/C21H26N4O/c1-13-8-7-9-14(2)17(13)12-22-18-10-16(21(26)24(4)5)11-19-20(18)23-15(3)25(19)6/h7-11,22H,12H2,1-6H3/i6D3,12D2. The molecule has 0 atom stereocenters. The van der Waals surface area contributed by atoms with Gasteiger partial charge in [0.1, 0.15) is 11.3 Å². The first kappa shape index (κ1) is 12.5. The minimum absolute atomic E-state index is 0.239. The number of fused-ring (bicyclic) bond motifs is 1. The molecule has 0 spiro atoms. The molecule has 1 N–H and O–H groups in total. The van der Waals surface area contributed by atoms with Crippen molar-refractivity contribution in [2.75, 3.05) is 19.4 Å². The van der Waals surface area contributed by atoms with E-state index in [2.05, 4.69) is 10.3 Å². The van der Waals surface area contributed by atoms with E-state index >= 15 is 0 Å². The highest BCUT2D eigenvalue weighted by atomic mass is 16.2. The average Bonchev–Trinajstić information content (AvgIpc) is 2.96. The molecule has 5 heteroatoms. The molecule has 0 aliphatic rings. The summed E-state index contributed by atoms with van der Waals surface area (Å²) < 4.78 is 42.2. The molecule has 136 valence electrons. The van der Waals surface area contributed by atoms with Crippen molar-refractivity contribution in [1.82, 2.24) is 14.5 Å². The first-order valence-electron chi connectivity index (χ1n) is 10.8. The molecule has 3 aromatic rings. The zero-order valence-corrected chi connectivity index (χ0v) is 15.6. The number of carbonyl (C=O) groups is 1. The molecule has 0 saturated heterocycles. The molecule has 0 fully saturated rings. The predicted octanol–water partition coefficient (Wildman–Crippen LogP) is 3.81. The number of nitrogens with one attached hydrogen (secondary N) is 1. The summed E-state index contributed by atoms with van der Waals surface area (Å²) in [6.07, 6.45) is 0. The Hall–Kier alpha value is -2.82. The summed E-state index contributed by atoms with van der Waals surface area (Å²) in [5.74, 6) is -0.0753. The first-order chi connectivity index (χ1) is 14.2. The largest absolute Gasteiger partial charge is 0.379 e. The minimum atomic E-state index is -2.50. The highest BCUT2D eigenvalue weighted by molar-refractivity contribution is 6.01. The lowest BCUT2D eigenvalue weighted by Gasteiger charge is -2.15. The van der Waals surface area contributed by atoms with Crippen LogP contribution in [-0.2, 0) is 13.5 Å². The number of aromatic nitrogens is 2. The fourth-order valence-corrected chi connectivity index (χ4v) is 2.91. The van der Waals surface area contributed by atoms with Crippen molar-refractivity contribution in [3.8, 4) is 0 Å². The van der Waals surface area contributed by atoms with Crippen molar-refractivity contribution in [3.05, 3.63) is 58.4 Å². The molecule has 1 amide bonds. The lowest BCUT2D eigenvalue weighted by atomic mass is 10.0. The zero-order chi connectivity index (χ0) is 23.3. The number of aryl methyl sites for hydroxylation is 4. The van der Waals surface area contributed by atoms with E-state index in [1.807, 2.05) is 32.0 Å². The molecular formula is C21H26N4O. The molecule has 0 aliphatic carbocycles. The summed E-state index contributed by atoms with van der Waals surface area (Å²) in [5, 5.41) is 2.89. The molecular weight excluding hydrogens is 324 g/mol. The summed E-state index contributed by atoms with van der Waals surface area (Å²) >= 11 is 0. The molecule has 5 nitrogen and oxygen atoms in total. The van der Waals surface area contributed by atoms with Crippen molar-refractivity contribution < 1.29 is 11.6 Å². The van der Waals surface area contributed by atoms with Crippen LogP contribution in [0.5, 0.6) is 0 Å². The first-order valence-corrected chi connectivity index (χ1v) is 8.34. The third kappa shape index (κ3) is 3.17. The van der Waals surface area contributed by atoms with Crippen LogP contribution in [0.15, 0.2) is 30.3 Å². The maximum absolute atomic E-state index is 12.7. The molecule has 2 aromatic carbocycles. The minimum Gasteiger partial charge on any atom is -0.379 e. The van der Waals surface area contributed by atoms with Gasteiger partial charge in [-0.3, -0.25) is 4.79 Å². The van der Waals surface area contributed by atoms with Gasteiger partial charge in [-0.25, -0.2) is 4.98 Å². The molecule has 0 aliphatic heterocycles. The maximum atomic E-state index is 12.7. The van der Waals surface area contributed by atoms with Gasteiger partial charge in [0.2, 0.25) is 0 Å². The average molecular weight is 355 g/mol. The number of carbonyl (C=O) groups excluding carboxylic acids is 1. The van der Waals surface area contributed by atoms with Crippen LogP contribution in [0.2, 0.25) is 0 Å². The summed E-state index contributed by atoms with van der Waals surface area (Å²) in [7, 11) is 3.20. The van der Waals surface area contributed by atoms with E-state index in [0.717, 1.165) is 15.7 Å². The van der Waals surface area contributed by atoms with Crippen LogP contribution in [0.3, 0.4) is 0 Å². The van der Waals surface area contributed by atoms with Gasteiger partial charge in [-0.05, 0) is 49.6 Å². The van der Waals surface area contributed by atoms with Crippen LogP contribution < -0.4 is 5.32 Å². The van der Waals surface area contributed by atoms with Crippen LogP contribution >= 0.6 is 0 Å². The van der Waals surface area contributed by atoms with Crippen molar-refractivity contribution >= 4 is 22.6 Å². The van der Waals surface area contributed by atoms with Crippen LogP contribution in [0.1, 0.15) is 39.7 Å². The molecule has 1 aromatic heterocycles. The molecule has 0 bridgehead atoms. The van der Waals surface area contributed by atoms with Gasteiger partial charge in [0.25, 0.3) is 5.91 Å².